The average molecular weight is 567 g/mol. The van der Waals surface area contributed by atoms with Crippen molar-refractivity contribution in [2.24, 2.45) is 0 Å². The van der Waals surface area contributed by atoms with Crippen LogP contribution in [0.1, 0.15) is 16.8 Å². The summed E-state index contributed by atoms with van der Waals surface area (Å²) in [5.41, 5.74) is 1.32. The highest BCUT2D eigenvalue weighted by Crippen LogP contribution is 2.32. The smallest absolute Gasteiger partial charge is 0.262 e. The Bertz CT molecular complexity index is 1900. The van der Waals surface area contributed by atoms with E-state index in [0.29, 0.717) is 17.9 Å². The number of hydrogen-bond acceptors (Lipinski definition) is 8. The van der Waals surface area contributed by atoms with Crippen LogP contribution in [0.5, 0.6) is 0 Å². The topological polar surface area (TPSA) is 127 Å². The predicted molar refractivity (Wildman–Crippen MR) is 141 cm³/mol. The number of pyridine rings is 1. The molecule has 0 saturated heterocycles. The number of rotatable bonds is 6. The van der Waals surface area contributed by atoms with Crippen LogP contribution in [0.2, 0.25) is 0 Å². The summed E-state index contributed by atoms with van der Waals surface area (Å²) < 4.78 is 73.9. The van der Waals surface area contributed by atoms with Gasteiger partial charge in [0.05, 0.1) is 28.0 Å². The fourth-order valence-corrected chi connectivity index (χ4v) is 5.83. The highest BCUT2D eigenvalue weighted by atomic mass is 32.2. The van der Waals surface area contributed by atoms with Crippen LogP contribution < -0.4 is 15.4 Å². The first-order chi connectivity index (χ1) is 19.2. The number of halogens is 3. The van der Waals surface area contributed by atoms with Crippen molar-refractivity contribution in [1.82, 2.24) is 30.0 Å². The zero-order valence-corrected chi connectivity index (χ0v) is 21.7. The summed E-state index contributed by atoms with van der Waals surface area (Å²) in [6.07, 6.45) is 3.82. The van der Waals surface area contributed by atoms with Crippen LogP contribution >= 0.6 is 0 Å². The van der Waals surface area contributed by atoms with E-state index in [1.807, 2.05) is 0 Å². The van der Waals surface area contributed by atoms with Crippen LogP contribution in [0.25, 0.3) is 16.9 Å². The van der Waals surface area contributed by atoms with Crippen LogP contribution in [0.4, 0.5) is 30.4 Å². The molecule has 1 aliphatic rings. The van der Waals surface area contributed by atoms with E-state index >= 15 is 4.39 Å². The van der Waals surface area contributed by atoms with Crippen molar-refractivity contribution in [1.29, 1.82) is 0 Å². The summed E-state index contributed by atoms with van der Waals surface area (Å²) in [6.45, 7) is 2.74. The molecule has 0 saturated carbocycles. The molecule has 4 heterocycles. The van der Waals surface area contributed by atoms with Crippen LogP contribution in [0.15, 0.2) is 59.9 Å². The van der Waals surface area contributed by atoms with E-state index in [9.17, 15) is 17.2 Å². The maximum absolute atomic E-state index is 15.5. The quantitative estimate of drug-likeness (QED) is 0.280. The molecule has 6 rings (SSSR count). The molecular formula is C26H21F3N8O2S. The molecule has 14 heteroatoms. The van der Waals surface area contributed by atoms with E-state index in [1.54, 1.807) is 23.0 Å². The maximum atomic E-state index is 15.5. The summed E-state index contributed by atoms with van der Waals surface area (Å²) in [4.78, 5) is 12.6. The summed E-state index contributed by atoms with van der Waals surface area (Å²) in [6, 6.07) is 8.77. The first-order valence-electron chi connectivity index (χ1n) is 12.1. The van der Waals surface area contributed by atoms with E-state index < -0.39 is 38.8 Å². The molecule has 0 unspecified atom stereocenters. The molecule has 2 aromatic carbocycles. The summed E-state index contributed by atoms with van der Waals surface area (Å²) in [5.74, 6) is -2.52. The van der Waals surface area contributed by atoms with E-state index in [0.717, 1.165) is 42.4 Å². The molecule has 0 aliphatic carbocycles. The van der Waals surface area contributed by atoms with Gasteiger partial charge >= 0.3 is 0 Å². The zero-order valence-electron chi connectivity index (χ0n) is 20.9. The molecule has 1 aliphatic heterocycles. The minimum Gasteiger partial charge on any atom is -0.333 e. The summed E-state index contributed by atoms with van der Waals surface area (Å²) in [5, 5.41) is 10.3. The molecule has 0 amide bonds. The molecule has 0 spiro atoms. The Hall–Kier alpha value is -4.56. The Morgan fingerprint density at radius 1 is 1.02 bits per heavy atom. The lowest BCUT2D eigenvalue weighted by Gasteiger charge is -2.16. The maximum Gasteiger partial charge on any atom is 0.262 e. The van der Waals surface area contributed by atoms with Gasteiger partial charge in [-0.3, -0.25) is 4.72 Å². The van der Waals surface area contributed by atoms with Gasteiger partial charge in [0.25, 0.3) is 10.0 Å². The van der Waals surface area contributed by atoms with Crippen molar-refractivity contribution < 1.29 is 21.6 Å². The molecule has 0 radical (unpaired) electrons. The third kappa shape index (κ3) is 4.50. The minimum atomic E-state index is -4.40. The number of nitrogens with zero attached hydrogens (tertiary/aromatic N) is 5. The number of hydrogen-bond donors (Lipinski definition) is 3. The molecule has 0 fully saturated rings. The SMILES string of the molecule is Cc1c(F)cccc1S(=O)(=O)Nc1ccc(F)c(Nc2ncnc3ccc(-n4ncc5c4CNCC5)nc23)c1F. The Morgan fingerprint density at radius 2 is 1.88 bits per heavy atom. The first-order valence-corrected chi connectivity index (χ1v) is 13.6. The number of anilines is 3. The molecular weight excluding hydrogens is 545 g/mol. The molecule has 40 heavy (non-hydrogen) atoms. The first kappa shape index (κ1) is 25.7. The van der Waals surface area contributed by atoms with Crippen LogP contribution in [0.3, 0.4) is 0 Å². The third-order valence-electron chi connectivity index (χ3n) is 6.59. The predicted octanol–water partition coefficient (Wildman–Crippen LogP) is 4.13. The van der Waals surface area contributed by atoms with Gasteiger partial charge in [0.15, 0.2) is 17.5 Å². The monoisotopic (exact) mass is 566 g/mol. The molecule has 3 N–H and O–H groups in total. The number of benzene rings is 2. The summed E-state index contributed by atoms with van der Waals surface area (Å²) in [7, 11) is -4.40. The van der Waals surface area contributed by atoms with E-state index in [2.05, 4.69) is 35.4 Å². The molecule has 10 nitrogen and oxygen atoms in total. The van der Waals surface area contributed by atoms with Gasteiger partial charge in [-0.1, -0.05) is 6.07 Å². The summed E-state index contributed by atoms with van der Waals surface area (Å²) >= 11 is 0. The van der Waals surface area contributed by atoms with Crippen molar-refractivity contribution in [2.45, 2.75) is 24.8 Å². The molecule has 3 aromatic heterocycles. The Kier molecular flexibility index (Phi) is 6.35. The van der Waals surface area contributed by atoms with Crippen LogP contribution in [-0.4, -0.2) is 39.7 Å². The van der Waals surface area contributed by atoms with Crippen LogP contribution in [0, 0.1) is 24.4 Å². The van der Waals surface area contributed by atoms with Gasteiger partial charge in [-0.25, -0.2) is 41.2 Å². The lowest BCUT2D eigenvalue weighted by Crippen LogP contribution is -2.25. The highest BCUT2D eigenvalue weighted by molar-refractivity contribution is 7.92. The number of nitrogens with one attached hydrogen (secondary N) is 3. The minimum absolute atomic E-state index is 0.00946. The second-order valence-electron chi connectivity index (χ2n) is 9.09. The standard InChI is InChI=1S/C26H21F3N8O2S/c1-14-16(27)3-2-4-21(14)40(38,39)36-18-6-5-17(28)24(23(18)29)35-26-25-19(31-13-32-26)7-8-22(34-25)37-20-12-30-10-9-15(20)11-33-37/h2-8,11,13,30,36H,9-10,12H2,1H3,(H,31,32,35). The van der Waals surface area contributed by atoms with Gasteiger partial charge in [0.2, 0.25) is 0 Å². The number of sulfonamides is 1. The van der Waals surface area contributed by atoms with Crippen molar-refractivity contribution in [3.05, 3.63) is 89.3 Å². The Morgan fingerprint density at radius 3 is 2.73 bits per heavy atom. The van der Waals surface area contributed by atoms with Gasteiger partial charge in [-0.2, -0.15) is 5.10 Å². The second-order valence-corrected chi connectivity index (χ2v) is 10.7. The fourth-order valence-electron chi connectivity index (χ4n) is 4.51. The molecule has 204 valence electrons. The Labute approximate surface area is 226 Å². The van der Waals surface area contributed by atoms with Crippen LogP contribution in [-0.2, 0) is 23.0 Å². The zero-order chi connectivity index (χ0) is 28.0. The van der Waals surface area contributed by atoms with E-state index in [-0.39, 0.29) is 21.8 Å². The van der Waals surface area contributed by atoms with Gasteiger partial charge in [0, 0.05) is 12.1 Å². The highest BCUT2D eigenvalue weighted by Gasteiger charge is 2.24. The van der Waals surface area contributed by atoms with Gasteiger partial charge in [-0.05, 0) is 61.9 Å². The number of aromatic nitrogens is 5. The normalized spacial score (nSPS) is 13.3. The molecule has 0 atom stereocenters. The lowest BCUT2D eigenvalue weighted by atomic mass is 10.1. The van der Waals surface area contributed by atoms with Gasteiger partial charge < -0.3 is 10.6 Å². The van der Waals surface area contributed by atoms with Gasteiger partial charge in [-0.15, -0.1) is 0 Å². The van der Waals surface area contributed by atoms with E-state index in [4.69, 9.17) is 0 Å². The molecule has 5 aromatic rings. The molecule has 0 bridgehead atoms. The van der Waals surface area contributed by atoms with Crippen molar-refractivity contribution in [3.8, 4) is 5.82 Å². The average Bonchev–Trinajstić information content (AvgIpc) is 3.38. The van der Waals surface area contributed by atoms with Crippen molar-refractivity contribution >= 4 is 38.2 Å². The largest absolute Gasteiger partial charge is 0.333 e. The lowest BCUT2D eigenvalue weighted by molar-refractivity contribution is 0.585. The third-order valence-corrected chi connectivity index (χ3v) is 8.10. The second kappa shape index (κ2) is 9.88. The van der Waals surface area contributed by atoms with Crippen molar-refractivity contribution in [3.63, 3.8) is 0 Å². The van der Waals surface area contributed by atoms with E-state index in [1.165, 1.54) is 25.4 Å². The van der Waals surface area contributed by atoms with Crippen molar-refractivity contribution in [2.75, 3.05) is 16.6 Å². The Balaban J connectivity index is 1.37. The number of fused-ring (bicyclic) bond motifs is 2. The van der Waals surface area contributed by atoms with Gasteiger partial charge in [0.1, 0.15) is 29.2 Å². The fraction of sp³-hybridized carbons (Fsp3) is 0.154.